The summed E-state index contributed by atoms with van der Waals surface area (Å²) in [6.07, 6.45) is 0.364. The Kier molecular flexibility index (Phi) is 2.18. The highest BCUT2D eigenvalue weighted by Crippen LogP contribution is 2.35. The van der Waals surface area contributed by atoms with Crippen molar-refractivity contribution >= 4 is 28.9 Å². The Labute approximate surface area is 93.9 Å². The van der Waals surface area contributed by atoms with Crippen molar-refractivity contribution in [1.29, 1.82) is 0 Å². The van der Waals surface area contributed by atoms with Crippen molar-refractivity contribution in [2.45, 2.75) is 4.90 Å². The van der Waals surface area contributed by atoms with Gasteiger partial charge in [0.1, 0.15) is 0 Å². The summed E-state index contributed by atoms with van der Waals surface area (Å²) in [5.74, 6) is 0. The van der Waals surface area contributed by atoms with E-state index in [1.54, 1.807) is 0 Å². The lowest BCUT2D eigenvalue weighted by atomic mass is 9.81. The van der Waals surface area contributed by atoms with Gasteiger partial charge in [-0.15, -0.1) is 11.6 Å². The van der Waals surface area contributed by atoms with E-state index in [1.165, 1.54) is 16.0 Å². The van der Waals surface area contributed by atoms with Crippen molar-refractivity contribution in [2.24, 2.45) is 0 Å². The minimum atomic E-state index is 0.364. The molecule has 0 saturated heterocycles. The van der Waals surface area contributed by atoms with Gasteiger partial charge in [-0.1, -0.05) is 42.5 Å². The SMILES string of the molecule is c1ccc(B2Nc3ccccc3S2)cc1. The standard InChI is InChI=1S/C12H10BNS/c1-2-6-10(7-3-1)13-14-11-8-4-5-9-12(11)15-13/h1-9,14H. The van der Waals surface area contributed by atoms with Gasteiger partial charge in [-0.3, -0.25) is 0 Å². The number of hydrogen-bond donors (Lipinski definition) is 1. The van der Waals surface area contributed by atoms with Gasteiger partial charge < -0.3 is 5.23 Å². The maximum absolute atomic E-state index is 3.51. The van der Waals surface area contributed by atoms with E-state index in [4.69, 9.17) is 0 Å². The molecule has 1 heterocycles. The number of para-hydroxylation sites is 1. The van der Waals surface area contributed by atoms with Crippen molar-refractivity contribution < 1.29 is 0 Å². The molecule has 0 radical (unpaired) electrons. The summed E-state index contributed by atoms with van der Waals surface area (Å²) in [6.45, 7) is 0. The van der Waals surface area contributed by atoms with E-state index >= 15 is 0 Å². The van der Waals surface area contributed by atoms with E-state index in [9.17, 15) is 0 Å². The van der Waals surface area contributed by atoms with Gasteiger partial charge in [0, 0.05) is 10.6 Å². The molecule has 0 spiro atoms. The Morgan fingerprint density at radius 3 is 2.40 bits per heavy atom. The fourth-order valence-corrected chi connectivity index (χ4v) is 2.91. The molecule has 0 fully saturated rings. The zero-order valence-corrected chi connectivity index (χ0v) is 9.00. The quantitative estimate of drug-likeness (QED) is 0.727. The van der Waals surface area contributed by atoms with Gasteiger partial charge in [0.2, 0.25) is 0 Å². The third-order valence-corrected chi connectivity index (χ3v) is 3.76. The number of nitrogens with one attached hydrogen (secondary N) is 1. The topological polar surface area (TPSA) is 12.0 Å². The van der Waals surface area contributed by atoms with Crippen LogP contribution in [0.5, 0.6) is 0 Å². The first kappa shape index (κ1) is 8.92. The van der Waals surface area contributed by atoms with Crippen LogP contribution in [0.1, 0.15) is 0 Å². The molecule has 1 N–H and O–H groups in total. The molecule has 72 valence electrons. The third kappa shape index (κ3) is 1.63. The molecule has 0 atom stereocenters. The molecular formula is C12H10BNS. The summed E-state index contributed by atoms with van der Waals surface area (Å²) in [6, 6.07) is 19.0. The van der Waals surface area contributed by atoms with E-state index in [2.05, 4.69) is 59.8 Å². The second-order valence-corrected chi connectivity index (χ2v) is 4.70. The first-order valence-electron chi connectivity index (χ1n) is 5.01. The molecule has 15 heavy (non-hydrogen) atoms. The fraction of sp³-hybridized carbons (Fsp3) is 0. The monoisotopic (exact) mass is 211 g/mol. The number of fused-ring (bicyclic) bond motifs is 1. The highest BCUT2D eigenvalue weighted by atomic mass is 32.2. The molecule has 1 nitrogen and oxygen atoms in total. The summed E-state index contributed by atoms with van der Waals surface area (Å²) < 4.78 is 0. The largest absolute Gasteiger partial charge is 0.414 e. The van der Waals surface area contributed by atoms with Crippen LogP contribution in [0.2, 0.25) is 0 Å². The van der Waals surface area contributed by atoms with Gasteiger partial charge in [-0.25, -0.2) is 0 Å². The predicted octanol–water partition coefficient (Wildman–Crippen LogP) is 2.60. The lowest BCUT2D eigenvalue weighted by Gasteiger charge is -2.05. The second-order valence-electron chi connectivity index (χ2n) is 3.55. The molecule has 0 aromatic heterocycles. The van der Waals surface area contributed by atoms with E-state index in [-0.39, 0.29) is 0 Å². The van der Waals surface area contributed by atoms with Crippen LogP contribution in [0.25, 0.3) is 0 Å². The van der Waals surface area contributed by atoms with Crippen molar-refractivity contribution in [3.8, 4) is 0 Å². The average Bonchev–Trinajstić information content (AvgIpc) is 2.74. The Hall–Kier alpha value is -1.35. The smallest absolute Gasteiger partial charge is 0.360 e. The van der Waals surface area contributed by atoms with Crippen LogP contribution in [-0.4, -0.2) is 6.13 Å². The maximum Gasteiger partial charge on any atom is 0.360 e. The highest BCUT2D eigenvalue weighted by molar-refractivity contribution is 8.27. The van der Waals surface area contributed by atoms with Crippen molar-refractivity contribution in [1.82, 2.24) is 0 Å². The van der Waals surface area contributed by atoms with Gasteiger partial charge in [0.15, 0.2) is 0 Å². The summed E-state index contributed by atoms with van der Waals surface area (Å²) in [4.78, 5) is 1.34. The Balaban J connectivity index is 1.91. The first-order valence-corrected chi connectivity index (χ1v) is 5.88. The number of benzene rings is 2. The molecule has 0 aliphatic carbocycles. The van der Waals surface area contributed by atoms with Crippen LogP contribution in [0.4, 0.5) is 5.69 Å². The second kappa shape index (κ2) is 3.67. The van der Waals surface area contributed by atoms with E-state index in [0.717, 1.165) is 0 Å². The summed E-state index contributed by atoms with van der Waals surface area (Å²) in [5.41, 5.74) is 2.58. The maximum atomic E-state index is 3.51. The lowest BCUT2D eigenvalue weighted by molar-refractivity contribution is 1.48. The van der Waals surface area contributed by atoms with Crippen molar-refractivity contribution in [2.75, 3.05) is 5.23 Å². The number of anilines is 1. The lowest BCUT2D eigenvalue weighted by Crippen LogP contribution is -2.31. The molecule has 2 aromatic rings. The van der Waals surface area contributed by atoms with Crippen molar-refractivity contribution in [3.05, 3.63) is 54.6 Å². The van der Waals surface area contributed by atoms with Crippen LogP contribution in [0.3, 0.4) is 0 Å². The molecule has 3 heteroatoms. The predicted molar refractivity (Wildman–Crippen MR) is 67.8 cm³/mol. The van der Waals surface area contributed by atoms with Gasteiger partial charge in [-0.05, 0) is 17.6 Å². The summed E-state index contributed by atoms with van der Waals surface area (Å²) in [7, 11) is 0. The van der Waals surface area contributed by atoms with Gasteiger partial charge in [-0.2, -0.15) is 0 Å². The van der Waals surface area contributed by atoms with Crippen LogP contribution in [0.15, 0.2) is 59.5 Å². The van der Waals surface area contributed by atoms with Crippen LogP contribution in [-0.2, 0) is 0 Å². The normalized spacial score (nSPS) is 13.5. The highest BCUT2D eigenvalue weighted by Gasteiger charge is 2.26. The minimum absolute atomic E-state index is 0.364. The van der Waals surface area contributed by atoms with E-state index < -0.39 is 0 Å². The average molecular weight is 211 g/mol. The molecule has 1 aliphatic heterocycles. The molecule has 2 aromatic carbocycles. The Morgan fingerprint density at radius 1 is 0.867 bits per heavy atom. The molecule has 3 rings (SSSR count). The zero-order valence-electron chi connectivity index (χ0n) is 8.18. The van der Waals surface area contributed by atoms with Crippen LogP contribution in [0, 0.1) is 0 Å². The van der Waals surface area contributed by atoms with Gasteiger partial charge in [0.05, 0.1) is 0 Å². The van der Waals surface area contributed by atoms with Crippen LogP contribution < -0.4 is 10.7 Å². The minimum Gasteiger partial charge on any atom is -0.414 e. The molecule has 0 bridgehead atoms. The zero-order chi connectivity index (χ0) is 10.1. The molecule has 0 saturated carbocycles. The first-order chi connectivity index (χ1) is 7.43. The number of rotatable bonds is 1. The van der Waals surface area contributed by atoms with E-state index in [0.29, 0.717) is 6.13 Å². The third-order valence-electron chi connectivity index (χ3n) is 2.52. The summed E-state index contributed by atoms with van der Waals surface area (Å²) >= 11 is 1.88. The molecule has 1 aliphatic rings. The van der Waals surface area contributed by atoms with E-state index in [1.807, 2.05) is 11.6 Å². The molecule has 0 unspecified atom stereocenters. The van der Waals surface area contributed by atoms with Crippen molar-refractivity contribution in [3.63, 3.8) is 0 Å². The van der Waals surface area contributed by atoms with Gasteiger partial charge in [0.25, 0.3) is 0 Å². The molecular weight excluding hydrogens is 201 g/mol. The summed E-state index contributed by atoms with van der Waals surface area (Å²) in [5, 5.41) is 3.51. The van der Waals surface area contributed by atoms with Gasteiger partial charge >= 0.3 is 6.13 Å². The molecule has 0 amide bonds. The number of hydrogen-bond acceptors (Lipinski definition) is 2. The Bertz CT molecular complexity index is 447. The Morgan fingerprint density at radius 2 is 1.60 bits per heavy atom. The fourth-order valence-electron chi connectivity index (χ4n) is 1.77. The van der Waals surface area contributed by atoms with Crippen LogP contribution >= 0.6 is 11.6 Å².